The van der Waals surface area contributed by atoms with Crippen LogP contribution in [0.2, 0.25) is 0 Å². The van der Waals surface area contributed by atoms with E-state index in [-0.39, 0.29) is 18.5 Å². The Kier molecular flexibility index (Phi) is 3.53. The zero-order chi connectivity index (χ0) is 9.02. The van der Waals surface area contributed by atoms with Gasteiger partial charge >= 0.3 is 6.03 Å². The summed E-state index contributed by atoms with van der Waals surface area (Å²) in [5.74, 6) is -0.137. The third-order valence-electron chi connectivity index (χ3n) is 1.36. The Bertz CT molecular complexity index is 169. The van der Waals surface area contributed by atoms with Gasteiger partial charge in [0, 0.05) is 21.2 Å². The van der Waals surface area contributed by atoms with Gasteiger partial charge in [-0.2, -0.15) is 0 Å². The summed E-state index contributed by atoms with van der Waals surface area (Å²) in [6, 6.07) is -0.222. The quantitative estimate of drug-likeness (QED) is 0.468. The van der Waals surface area contributed by atoms with Crippen LogP contribution < -0.4 is 0 Å². The van der Waals surface area contributed by atoms with Crippen LogP contribution in [0.15, 0.2) is 0 Å². The number of carbonyl (C=O) groups excluding carboxylic acids is 2. The van der Waals surface area contributed by atoms with E-state index in [2.05, 4.69) is 0 Å². The molecule has 1 aliphatic heterocycles. The Balaban J connectivity index is 0.000000461. The van der Waals surface area contributed by atoms with Gasteiger partial charge in [-0.1, -0.05) is 0 Å². The van der Waals surface area contributed by atoms with E-state index >= 15 is 0 Å². The van der Waals surface area contributed by atoms with Crippen LogP contribution in [0.5, 0.6) is 0 Å². The van der Waals surface area contributed by atoms with Gasteiger partial charge in [0.05, 0.1) is 0 Å². The van der Waals surface area contributed by atoms with Gasteiger partial charge in [-0.05, 0) is 0 Å². The van der Waals surface area contributed by atoms with Crippen molar-refractivity contribution in [3.63, 3.8) is 0 Å². The molecule has 1 N–H and O–H groups in total. The first-order chi connectivity index (χ1) is 5.13. The number of hydrogen-bond acceptors (Lipinski definition) is 3. The van der Waals surface area contributed by atoms with Crippen molar-refractivity contribution in [3.05, 3.63) is 0 Å². The summed E-state index contributed by atoms with van der Waals surface area (Å²) in [5.41, 5.74) is 0. The number of imide groups is 1. The molecule has 64 valence electrons. The maximum atomic E-state index is 10.7. The lowest BCUT2D eigenvalue weighted by Crippen LogP contribution is -2.27. The van der Waals surface area contributed by atoms with Crippen LogP contribution in [0.1, 0.15) is 0 Å². The van der Waals surface area contributed by atoms with Gasteiger partial charge in [-0.25, -0.2) is 4.79 Å². The highest BCUT2D eigenvalue weighted by atomic mass is 16.2. The van der Waals surface area contributed by atoms with Crippen LogP contribution in [0.4, 0.5) is 4.79 Å². The lowest BCUT2D eigenvalue weighted by atomic mass is 10.6. The maximum absolute atomic E-state index is 10.7. The average molecular weight is 160 g/mol. The van der Waals surface area contributed by atoms with Crippen LogP contribution in [0.25, 0.3) is 0 Å². The van der Waals surface area contributed by atoms with Gasteiger partial charge in [0.2, 0.25) is 5.91 Å². The van der Waals surface area contributed by atoms with E-state index in [1.807, 2.05) is 0 Å². The summed E-state index contributed by atoms with van der Waals surface area (Å²) in [5, 5.41) is 7.00. The molecule has 3 amide bonds. The summed E-state index contributed by atoms with van der Waals surface area (Å²) in [6.07, 6.45) is 0. The Morgan fingerprint density at radius 1 is 1.27 bits per heavy atom. The standard InChI is InChI=1S/C5H8N2O2.CH4O/c1-6-3-4(8)7(2)5(6)9;1-2/h3H2,1-2H3;2H,1H3. The zero-order valence-electron chi connectivity index (χ0n) is 6.87. The van der Waals surface area contributed by atoms with Crippen LogP contribution in [0.3, 0.4) is 0 Å². The van der Waals surface area contributed by atoms with Crippen molar-refractivity contribution in [3.8, 4) is 0 Å². The largest absolute Gasteiger partial charge is 0.400 e. The molecular formula is C6H12N2O3. The van der Waals surface area contributed by atoms with Crippen LogP contribution in [-0.2, 0) is 4.79 Å². The second kappa shape index (κ2) is 3.92. The third kappa shape index (κ3) is 1.91. The number of aliphatic hydroxyl groups is 1. The first-order valence-electron chi connectivity index (χ1n) is 3.09. The lowest BCUT2D eigenvalue weighted by Gasteiger charge is -2.05. The van der Waals surface area contributed by atoms with Crippen molar-refractivity contribution in [2.75, 3.05) is 27.7 Å². The smallest absolute Gasteiger partial charge is 0.326 e. The Morgan fingerprint density at radius 3 is 1.82 bits per heavy atom. The molecule has 11 heavy (non-hydrogen) atoms. The molecule has 0 radical (unpaired) electrons. The molecule has 0 spiro atoms. The maximum Gasteiger partial charge on any atom is 0.326 e. The molecule has 0 aromatic rings. The summed E-state index contributed by atoms with van der Waals surface area (Å²) in [7, 11) is 4.08. The third-order valence-corrected chi connectivity index (χ3v) is 1.36. The van der Waals surface area contributed by atoms with Crippen molar-refractivity contribution >= 4 is 11.9 Å². The molecule has 0 saturated carbocycles. The van der Waals surface area contributed by atoms with E-state index in [0.717, 1.165) is 12.0 Å². The Morgan fingerprint density at radius 2 is 1.73 bits per heavy atom. The van der Waals surface area contributed by atoms with E-state index < -0.39 is 0 Å². The van der Waals surface area contributed by atoms with Gasteiger partial charge in [-0.15, -0.1) is 0 Å². The highest BCUT2D eigenvalue weighted by Gasteiger charge is 2.29. The highest BCUT2D eigenvalue weighted by molar-refractivity contribution is 6.01. The molecule has 0 bridgehead atoms. The molecule has 1 aliphatic rings. The summed E-state index contributed by atoms with van der Waals surface area (Å²) >= 11 is 0. The molecular weight excluding hydrogens is 148 g/mol. The number of rotatable bonds is 0. The monoisotopic (exact) mass is 160 g/mol. The molecule has 5 nitrogen and oxygen atoms in total. The second-order valence-electron chi connectivity index (χ2n) is 2.09. The van der Waals surface area contributed by atoms with E-state index in [9.17, 15) is 9.59 Å². The predicted octanol–water partition coefficient (Wildman–Crippen LogP) is -0.881. The van der Waals surface area contributed by atoms with Gasteiger partial charge in [0.15, 0.2) is 0 Å². The summed E-state index contributed by atoms with van der Waals surface area (Å²) < 4.78 is 0. The lowest BCUT2D eigenvalue weighted by molar-refractivity contribution is -0.124. The SMILES string of the molecule is CN1CC(=O)N(C)C1=O.CO. The predicted molar refractivity (Wildman–Crippen MR) is 38.9 cm³/mol. The van der Waals surface area contributed by atoms with Gasteiger partial charge in [-0.3, -0.25) is 9.69 Å². The molecule has 1 heterocycles. The number of likely N-dealkylation sites (N-methyl/N-ethyl adjacent to an activating group) is 2. The van der Waals surface area contributed by atoms with Crippen molar-refractivity contribution in [2.24, 2.45) is 0 Å². The summed E-state index contributed by atoms with van der Waals surface area (Å²) in [6.45, 7) is 0.218. The first-order valence-corrected chi connectivity index (χ1v) is 3.09. The number of nitrogens with zero attached hydrogens (tertiary/aromatic N) is 2. The van der Waals surface area contributed by atoms with Crippen LogP contribution in [0, 0.1) is 0 Å². The molecule has 1 fully saturated rings. The molecule has 5 heteroatoms. The molecule has 0 aromatic carbocycles. The normalized spacial score (nSPS) is 16.7. The van der Waals surface area contributed by atoms with Crippen molar-refractivity contribution < 1.29 is 14.7 Å². The molecule has 0 aliphatic carbocycles. The average Bonchev–Trinajstić information content (AvgIpc) is 2.22. The first kappa shape index (κ1) is 9.90. The minimum Gasteiger partial charge on any atom is -0.400 e. The summed E-state index contributed by atoms with van der Waals surface area (Å²) in [4.78, 5) is 23.9. The molecule has 1 saturated heterocycles. The number of hydrogen-bond donors (Lipinski definition) is 1. The van der Waals surface area contributed by atoms with Crippen LogP contribution in [-0.4, -0.2) is 54.6 Å². The fraction of sp³-hybridized carbons (Fsp3) is 0.667. The minimum atomic E-state index is -0.222. The van der Waals surface area contributed by atoms with Crippen molar-refractivity contribution in [2.45, 2.75) is 0 Å². The zero-order valence-corrected chi connectivity index (χ0v) is 6.87. The topological polar surface area (TPSA) is 60.9 Å². The van der Waals surface area contributed by atoms with Crippen LogP contribution >= 0.6 is 0 Å². The number of urea groups is 1. The van der Waals surface area contributed by atoms with Crippen molar-refractivity contribution in [1.82, 2.24) is 9.80 Å². The van der Waals surface area contributed by atoms with Crippen molar-refractivity contribution in [1.29, 1.82) is 0 Å². The number of amides is 3. The van der Waals surface area contributed by atoms with E-state index in [0.29, 0.717) is 0 Å². The Labute approximate surface area is 65.2 Å². The number of carbonyl (C=O) groups is 2. The van der Waals surface area contributed by atoms with Gasteiger partial charge in [0.25, 0.3) is 0 Å². The van der Waals surface area contributed by atoms with Gasteiger partial charge in [0.1, 0.15) is 6.54 Å². The van der Waals surface area contributed by atoms with E-state index in [4.69, 9.17) is 5.11 Å². The minimum absolute atomic E-state index is 0.137. The highest BCUT2D eigenvalue weighted by Crippen LogP contribution is 2.02. The Hall–Kier alpha value is -1.10. The molecule has 0 atom stereocenters. The fourth-order valence-corrected chi connectivity index (χ4v) is 0.739. The fourth-order valence-electron chi connectivity index (χ4n) is 0.739. The van der Waals surface area contributed by atoms with Gasteiger partial charge < -0.3 is 10.0 Å². The molecule has 1 rings (SSSR count). The molecule has 0 unspecified atom stereocenters. The van der Waals surface area contributed by atoms with E-state index in [1.54, 1.807) is 7.05 Å². The number of aliphatic hydroxyl groups excluding tert-OH is 1. The second-order valence-corrected chi connectivity index (χ2v) is 2.09. The van der Waals surface area contributed by atoms with E-state index in [1.165, 1.54) is 11.9 Å². The molecule has 0 aromatic heterocycles.